The number of fused-ring (bicyclic) bond motifs is 1. The van der Waals surface area contributed by atoms with Gasteiger partial charge in [-0.1, -0.05) is 46.3 Å². The van der Waals surface area contributed by atoms with Gasteiger partial charge in [-0.2, -0.15) is 0 Å². The molecule has 0 spiro atoms. The fourth-order valence-corrected chi connectivity index (χ4v) is 5.36. The van der Waals surface area contributed by atoms with Gasteiger partial charge in [-0.05, 0) is 74.0 Å². The Balaban J connectivity index is 2.05. The van der Waals surface area contributed by atoms with Crippen LogP contribution in [-0.2, 0) is 0 Å². The van der Waals surface area contributed by atoms with Gasteiger partial charge in [0.05, 0.1) is 6.10 Å². The van der Waals surface area contributed by atoms with E-state index in [0.29, 0.717) is 11.3 Å². The molecule has 0 aromatic rings. The highest BCUT2D eigenvalue weighted by molar-refractivity contribution is 5.09. The summed E-state index contributed by atoms with van der Waals surface area (Å²) in [7, 11) is 0. The van der Waals surface area contributed by atoms with Crippen molar-refractivity contribution < 1.29 is 5.11 Å². The van der Waals surface area contributed by atoms with E-state index >= 15 is 0 Å². The Bertz CT molecular complexity index is 387. The maximum atomic E-state index is 10.6. The van der Waals surface area contributed by atoms with E-state index in [2.05, 4.69) is 41.2 Å². The van der Waals surface area contributed by atoms with Crippen molar-refractivity contribution >= 4 is 0 Å². The zero-order valence-electron chi connectivity index (χ0n) is 14.9. The molecule has 2 aliphatic carbocycles. The molecule has 2 aliphatic rings. The Morgan fingerprint density at radius 2 is 1.81 bits per heavy atom. The first-order valence-electron chi connectivity index (χ1n) is 9.06. The van der Waals surface area contributed by atoms with E-state index in [1.807, 2.05) is 0 Å². The molecule has 0 amide bonds. The molecule has 0 aliphatic heterocycles. The molecular formula is C20H36O. The fourth-order valence-electron chi connectivity index (χ4n) is 5.36. The zero-order valence-corrected chi connectivity index (χ0v) is 14.9. The minimum Gasteiger partial charge on any atom is -0.393 e. The van der Waals surface area contributed by atoms with Gasteiger partial charge in [0.2, 0.25) is 0 Å². The molecule has 0 aromatic heterocycles. The van der Waals surface area contributed by atoms with E-state index in [-0.39, 0.29) is 11.5 Å². The van der Waals surface area contributed by atoms with Gasteiger partial charge >= 0.3 is 0 Å². The average molecular weight is 293 g/mol. The number of aliphatic hydroxyl groups is 1. The van der Waals surface area contributed by atoms with Crippen LogP contribution in [0.25, 0.3) is 0 Å². The zero-order chi connectivity index (χ0) is 15.8. The third-order valence-electron chi connectivity index (χ3n) is 7.59. The maximum Gasteiger partial charge on any atom is 0.0599 e. The highest BCUT2D eigenvalue weighted by Crippen LogP contribution is 2.65. The minimum atomic E-state index is -0.0807. The second kappa shape index (κ2) is 6.07. The van der Waals surface area contributed by atoms with Gasteiger partial charge in [0.1, 0.15) is 0 Å². The van der Waals surface area contributed by atoms with Gasteiger partial charge in [0.15, 0.2) is 0 Å². The quantitative estimate of drug-likeness (QED) is 0.656. The normalized spacial score (nSPS) is 42.4. The predicted molar refractivity (Wildman–Crippen MR) is 91.2 cm³/mol. The first-order chi connectivity index (χ1) is 9.72. The Hall–Kier alpha value is -0.300. The van der Waals surface area contributed by atoms with E-state index < -0.39 is 0 Å². The van der Waals surface area contributed by atoms with Crippen molar-refractivity contribution in [2.24, 2.45) is 28.6 Å². The minimum absolute atomic E-state index is 0.0807. The lowest BCUT2D eigenvalue weighted by molar-refractivity contribution is -0.0967. The monoisotopic (exact) mass is 292 g/mol. The lowest BCUT2D eigenvalue weighted by atomic mass is 9.54. The molecule has 0 bridgehead atoms. The summed E-state index contributed by atoms with van der Waals surface area (Å²) >= 11 is 0. The standard InChI is InChI=1S/C20H36O/c1-14(2)15(3)9-10-16(4)17-11-13-20(6)18(21)8-7-12-19(17,20)5/h15-18,21H,1,7-13H2,2-6H3/t15?,16-,17-,18+,19-,20+/m1/s1. The number of rotatable bonds is 5. The van der Waals surface area contributed by atoms with Crippen molar-refractivity contribution in [2.75, 3.05) is 0 Å². The summed E-state index contributed by atoms with van der Waals surface area (Å²) in [6, 6.07) is 0. The first kappa shape index (κ1) is 17.1. The third kappa shape index (κ3) is 2.83. The number of hydrogen-bond donors (Lipinski definition) is 1. The summed E-state index contributed by atoms with van der Waals surface area (Å²) < 4.78 is 0. The number of allylic oxidation sites excluding steroid dienone is 1. The molecule has 122 valence electrons. The van der Waals surface area contributed by atoms with Gasteiger partial charge in [0, 0.05) is 0 Å². The molecule has 2 fully saturated rings. The van der Waals surface area contributed by atoms with Gasteiger partial charge in [-0.25, -0.2) is 0 Å². The molecule has 0 aromatic carbocycles. The molecule has 21 heavy (non-hydrogen) atoms. The van der Waals surface area contributed by atoms with Crippen LogP contribution < -0.4 is 0 Å². The summed E-state index contributed by atoms with van der Waals surface area (Å²) in [6.07, 6.45) is 8.55. The van der Waals surface area contributed by atoms with Crippen LogP contribution in [0.2, 0.25) is 0 Å². The van der Waals surface area contributed by atoms with Crippen molar-refractivity contribution in [2.45, 2.75) is 85.7 Å². The molecule has 0 saturated heterocycles. The van der Waals surface area contributed by atoms with Crippen molar-refractivity contribution in [1.29, 1.82) is 0 Å². The van der Waals surface area contributed by atoms with E-state index in [9.17, 15) is 5.11 Å². The van der Waals surface area contributed by atoms with E-state index in [4.69, 9.17) is 0 Å². The Labute approximate surface area is 132 Å². The van der Waals surface area contributed by atoms with Crippen molar-refractivity contribution in [3.63, 3.8) is 0 Å². The molecule has 0 radical (unpaired) electrons. The van der Waals surface area contributed by atoms with E-state index in [1.54, 1.807) is 0 Å². The highest BCUT2D eigenvalue weighted by atomic mass is 16.3. The summed E-state index contributed by atoms with van der Waals surface area (Å²) in [4.78, 5) is 0. The van der Waals surface area contributed by atoms with Crippen LogP contribution in [0.3, 0.4) is 0 Å². The largest absolute Gasteiger partial charge is 0.393 e. The molecular weight excluding hydrogens is 256 g/mol. The van der Waals surface area contributed by atoms with Crippen molar-refractivity contribution in [3.8, 4) is 0 Å². The molecule has 6 atom stereocenters. The average Bonchev–Trinajstić information content (AvgIpc) is 2.70. The molecule has 1 N–H and O–H groups in total. The number of hydrogen-bond acceptors (Lipinski definition) is 1. The molecule has 0 heterocycles. The fraction of sp³-hybridized carbons (Fsp3) is 0.900. The van der Waals surface area contributed by atoms with E-state index in [1.165, 1.54) is 44.1 Å². The lowest BCUT2D eigenvalue weighted by Crippen LogP contribution is -2.49. The Kier molecular flexibility index (Phi) is 4.93. The molecule has 1 nitrogen and oxygen atoms in total. The molecule has 2 rings (SSSR count). The van der Waals surface area contributed by atoms with Gasteiger partial charge in [-0.15, -0.1) is 0 Å². The second-order valence-electron chi connectivity index (χ2n) is 8.69. The highest BCUT2D eigenvalue weighted by Gasteiger charge is 2.59. The van der Waals surface area contributed by atoms with E-state index in [0.717, 1.165) is 18.3 Å². The SMILES string of the molecule is C=C(C)C(C)CC[C@@H](C)[C@H]1CC[C@@]2(C)[C@@H](O)CCC[C@]12C. The van der Waals surface area contributed by atoms with Crippen LogP contribution in [0, 0.1) is 28.6 Å². The summed E-state index contributed by atoms with van der Waals surface area (Å²) in [5.41, 5.74) is 1.82. The summed E-state index contributed by atoms with van der Waals surface area (Å²) in [5.74, 6) is 2.20. The molecule has 1 heteroatoms. The second-order valence-corrected chi connectivity index (χ2v) is 8.69. The first-order valence-corrected chi connectivity index (χ1v) is 9.06. The van der Waals surface area contributed by atoms with Crippen molar-refractivity contribution in [3.05, 3.63) is 12.2 Å². The van der Waals surface area contributed by atoms with Crippen LogP contribution in [0.15, 0.2) is 12.2 Å². The lowest BCUT2D eigenvalue weighted by Gasteiger charge is -2.52. The third-order valence-corrected chi connectivity index (χ3v) is 7.59. The van der Waals surface area contributed by atoms with Crippen molar-refractivity contribution in [1.82, 2.24) is 0 Å². The van der Waals surface area contributed by atoms with Crippen LogP contribution in [-0.4, -0.2) is 11.2 Å². The van der Waals surface area contributed by atoms with Crippen LogP contribution >= 0.6 is 0 Å². The van der Waals surface area contributed by atoms with Crippen LogP contribution in [0.4, 0.5) is 0 Å². The topological polar surface area (TPSA) is 20.2 Å². The van der Waals surface area contributed by atoms with Gasteiger partial charge in [-0.3, -0.25) is 0 Å². The van der Waals surface area contributed by atoms with Crippen LogP contribution in [0.1, 0.15) is 79.6 Å². The van der Waals surface area contributed by atoms with Gasteiger partial charge in [0.25, 0.3) is 0 Å². The van der Waals surface area contributed by atoms with Gasteiger partial charge < -0.3 is 5.11 Å². The van der Waals surface area contributed by atoms with Crippen LogP contribution in [0.5, 0.6) is 0 Å². The summed E-state index contributed by atoms with van der Waals surface area (Å²) in [6.45, 7) is 15.8. The maximum absolute atomic E-state index is 10.6. The Morgan fingerprint density at radius 3 is 2.43 bits per heavy atom. The Morgan fingerprint density at radius 1 is 1.14 bits per heavy atom. The number of aliphatic hydroxyl groups excluding tert-OH is 1. The predicted octanol–water partition coefficient (Wildman–Crippen LogP) is 5.58. The molecule has 1 unspecified atom stereocenters. The smallest absolute Gasteiger partial charge is 0.0599 e. The molecule has 2 saturated carbocycles. The summed E-state index contributed by atoms with van der Waals surface area (Å²) in [5, 5.41) is 10.6.